The molecule has 0 fully saturated rings. The van der Waals surface area contributed by atoms with Crippen molar-refractivity contribution in [1.82, 2.24) is 10.6 Å². The SMILES string of the molecule is CC[C@](NC(=O)[C@@H](N)C(C)C)(C(=O)N[C@@H](CO)[C@@H](O)[C@@H](O)[C@H](O)C(=O)C(c1ccccc1)[C@H](N)C(=O)OC(c1ccccc1)c1ccccc1)C(=O)OCc1ccccc1. The Morgan fingerprint density at radius 2 is 1.18 bits per heavy atom. The quantitative estimate of drug-likeness (QED) is 0.0439. The molecule has 320 valence electrons. The van der Waals surface area contributed by atoms with E-state index in [0.29, 0.717) is 16.7 Å². The lowest BCUT2D eigenvalue weighted by Crippen LogP contribution is -2.68. The van der Waals surface area contributed by atoms with Crippen LogP contribution < -0.4 is 22.1 Å². The average Bonchev–Trinajstić information content (AvgIpc) is 3.28. The number of nitrogens with one attached hydrogen (secondary N) is 2. The van der Waals surface area contributed by atoms with Gasteiger partial charge in [0.05, 0.1) is 24.6 Å². The van der Waals surface area contributed by atoms with Gasteiger partial charge in [-0.05, 0) is 34.6 Å². The number of hydrogen-bond acceptors (Lipinski definition) is 13. The van der Waals surface area contributed by atoms with E-state index in [2.05, 4.69) is 10.6 Å². The molecule has 0 aliphatic carbocycles. The van der Waals surface area contributed by atoms with Crippen LogP contribution in [0, 0.1) is 5.92 Å². The number of carbonyl (C=O) groups excluding carboxylic acids is 5. The molecule has 15 nitrogen and oxygen atoms in total. The summed E-state index contributed by atoms with van der Waals surface area (Å²) >= 11 is 0. The fourth-order valence-electron chi connectivity index (χ4n) is 6.47. The number of benzene rings is 4. The summed E-state index contributed by atoms with van der Waals surface area (Å²) in [6.07, 6.45) is -8.45. The van der Waals surface area contributed by atoms with E-state index in [1.807, 2.05) is 0 Å². The summed E-state index contributed by atoms with van der Waals surface area (Å²) in [5, 5.41) is 48.9. The van der Waals surface area contributed by atoms with Gasteiger partial charge in [0.1, 0.15) is 31.0 Å². The van der Waals surface area contributed by atoms with Crippen molar-refractivity contribution in [2.75, 3.05) is 6.61 Å². The second-order valence-corrected chi connectivity index (χ2v) is 14.7. The second-order valence-electron chi connectivity index (χ2n) is 14.7. The molecule has 4 rings (SSSR count). The summed E-state index contributed by atoms with van der Waals surface area (Å²) in [5.41, 5.74) is 12.0. The van der Waals surface area contributed by atoms with Gasteiger partial charge in [-0.15, -0.1) is 0 Å². The molecule has 1 unspecified atom stereocenters. The molecule has 0 aliphatic rings. The molecule has 0 radical (unpaired) electrons. The first-order valence-electron chi connectivity index (χ1n) is 19.6. The summed E-state index contributed by atoms with van der Waals surface area (Å²) in [6.45, 7) is 3.35. The van der Waals surface area contributed by atoms with Gasteiger partial charge in [0, 0.05) is 0 Å². The highest BCUT2D eigenvalue weighted by atomic mass is 16.5. The topological polar surface area (TPSA) is 261 Å². The summed E-state index contributed by atoms with van der Waals surface area (Å²) in [7, 11) is 0. The standard InChI is InChI=1S/C45H54N4O11/c1-4-45(49-41(55)34(46)27(2)3,44(58)59-26-28-17-9-5-10-18-28)43(57)48-32(25-50)36(51)38(53)39(54)37(52)33(29-19-11-6-12-20-29)35(47)42(56)60-40(30-21-13-7-14-22-30)31-23-15-8-16-24-31/h5-24,27,32-36,38-40,50-51,53-54H,4,25-26,46-47H2,1-3H3,(H,48,57)(H,49,55)/t32-,33?,34-,35-,36+,38+,39+,45-/m0/s1. The molecule has 0 saturated carbocycles. The van der Waals surface area contributed by atoms with E-state index < -0.39 is 96.1 Å². The maximum absolute atomic E-state index is 14.1. The number of rotatable bonds is 21. The third-order valence-corrected chi connectivity index (χ3v) is 10.3. The van der Waals surface area contributed by atoms with Gasteiger partial charge >= 0.3 is 11.9 Å². The molecule has 8 atom stereocenters. The van der Waals surface area contributed by atoms with Crippen molar-refractivity contribution in [3.05, 3.63) is 144 Å². The van der Waals surface area contributed by atoms with Crippen molar-refractivity contribution >= 4 is 29.5 Å². The minimum absolute atomic E-state index is 0.174. The first-order chi connectivity index (χ1) is 28.7. The predicted octanol–water partition coefficient (Wildman–Crippen LogP) is 1.55. The van der Waals surface area contributed by atoms with Crippen molar-refractivity contribution in [1.29, 1.82) is 0 Å². The molecule has 0 saturated heterocycles. The predicted molar refractivity (Wildman–Crippen MR) is 220 cm³/mol. The minimum Gasteiger partial charge on any atom is -0.459 e. The molecule has 0 aliphatic heterocycles. The van der Waals surface area contributed by atoms with Gasteiger partial charge in [0.2, 0.25) is 11.4 Å². The fourth-order valence-corrected chi connectivity index (χ4v) is 6.47. The maximum Gasteiger partial charge on any atom is 0.342 e. The molecule has 0 heterocycles. The smallest absolute Gasteiger partial charge is 0.342 e. The Labute approximate surface area is 348 Å². The molecular weight excluding hydrogens is 773 g/mol. The molecule has 15 heteroatoms. The lowest BCUT2D eigenvalue weighted by atomic mass is 9.83. The van der Waals surface area contributed by atoms with Crippen molar-refractivity contribution in [3.63, 3.8) is 0 Å². The number of nitrogens with two attached hydrogens (primary N) is 2. The van der Waals surface area contributed by atoms with Crippen LogP contribution in [0.3, 0.4) is 0 Å². The Bertz CT molecular complexity index is 1970. The lowest BCUT2D eigenvalue weighted by Gasteiger charge is -2.35. The van der Waals surface area contributed by atoms with Crippen molar-refractivity contribution in [3.8, 4) is 0 Å². The van der Waals surface area contributed by atoms with E-state index in [0.717, 1.165) is 0 Å². The van der Waals surface area contributed by atoms with Crippen LogP contribution in [0.4, 0.5) is 0 Å². The molecule has 2 amide bonds. The van der Waals surface area contributed by atoms with Crippen LogP contribution in [-0.2, 0) is 40.1 Å². The number of aliphatic hydroxyl groups is 4. The summed E-state index contributed by atoms with van der Waals surface area (Å²) in [5.74, 6) is -7.57. The zero-order valence-corrected chi connectivity index (χ0v) is 33.7. The average molecular weight is 827 g/mol. The minimum atomic E-state index is -2.45. The van der Waals surface area contributed by atoms with E-state index in [4.69, 9.17) is 20.9 Å². The zero-order chi connectivity index (χ0) is 44.0. The van der Waals surface area contributed by atoms with Crippen molar-refractivity contribution in [2.24, 2.45) is 17.4 Å². The van der Waals surface area contributed by atoms with Crippen LogP contribution in [0.1, 0.15) is 61.5 Å². The highest BCUT2D eigenvalue weighted by Crippen LogP contribution is 2.30. The first kappa shape index (κ1) is 46.9. The van der Waals surface area contributed by atoms with Gasteiger partial charge in [0.25, 0.3) is 5.91 Å². The fraction of sp³-hybridized carbons (Fsp3) is 0.356. The molecular formula is C45H54N4O11. The normalized spacial score (nSPS) is 15.9. The summed E-state index contributed by atoms with van der Waals surface area (Å²) < 4.78 is 11.4. The van der Waals surface area contributed by atoms with Gasteiger partial charge in [-0.2, -0.15) is 0 Å². The molecule has 4 aromatic rings. The molecule has 60 heavy (non-hydrogen) atoms. The molecule has 4 aromatic carbocycles. The van der Waals surface area contributed by atoms with Crippen LogP contribution in [0.25, 0.3) is 0 Å². The maximum atomic E-state index is 14.1. The van der Waals surface area contributed by atoms with Crippen LogP contribution in [0.2, 0.25) is 0 Å². The van der Waals surface area contributed by atoms with Crippen LogP contribution in [-0.4, -0.2) is 98.5 Å². The van der Waals surface area contributed by atoms with Crippen molar-refractivity contribution in [2.45, 2.75) is 87.8 Å². The number of Topliss-reactive ketones (excluding diaryl/α,β-unsaturated/α-hetero) is 1. The Hall–Kier alpha value is -5.81. The molecule has 0 aromatic heterocycles. The number of ether oxygens (including phenoxy) is 2. The lowest BCUT2D eigenvalue weighted by molar-refractivity contribution is -0.161. The Morgan fingerprint density at radius 3 is 1.65 bits per heavy atom. The van der Waals surface area contributed by atoms with E-state index >= 15 is 0 Å². The van der Waals surface area contributed by atoms with Crippen LogP contribution >= 0.6 is 0 Å². The number of aliphatic hydroxyl groups excluding tert-OH is 4. The number of ketones is 1. The first-order valence-corrected chi connectivity index (χ1v) is 19.6. The van der Waals surface area contributed by atoms with Crippen molar-refractivity contribution < 1.29 is 53.9 Å². The molecule has 10 N–H and O–H groups in total. The number of carbonyl (C=O) groups is 5. The molecule has 0 spiro atoms. The number of amides is 2. The van der Waals surface area contributed by atoms with Gasteiger partial charge in [-0.1, -0.05) is 142 Å². The van der Waals surface area contributed by atoms with E-state index in [1.165, 1.54) is 19.1 Å². The van der Waals surface area contributed by atoms with Gasteiger partial charge in [0.15, 0.2) is 11.9 Å². The highest BCUT2D eigenvalue weighted by Gasteiger charge is 2.50. The largest absolute Gasteiger partial charge is 0.459 e. The third kappa shape index (κ3) is 11.5. The zero-order valence-electron chi connectivity index (χ0n) is 33.7. The molecule has 0 bridgehead atoms. The highest BCUT2D eigenvalue weighted by molar-refractivity contribution is 6.10. The van der Waals surface area contributed by atoms with E-state index in [1.54, 1.807) is 123 Å². The Balaban J connectivity index is 1.59. The number of hydrogen-bond donors (Lipinski definition) is 8. The van der Waals surface area contributed by atoms with E-state index in [-0.39, 0.29) is 18.6 Å². The summed E-state index contributed by atoms with van der Waals surface area (Å²) in [6, 6.07) is 29.1. The van der Waals surface area contributed by atoms with Gasteiger partial charge in [-0.3, -0.25) is 19.2 Å². The Kier molecular flexibility index (Phi) is 17.2. The Morgan fingerprint density at radius 1 is 0.700 bits per heavy atom. The monoisotopic (exact) mass is 826 g/mol. The second kappa shape index (κ2) is 22.0. The van der Waals surface area contributed by atoms with Crippen LogP contribution in [0.5, 0.6) is 0 Å². The third-order valence-electron chi connectivity index (χ3n) is 10.3. The van der Waals surface area contributed by atoms with Gasteiger partial charge in [-0.25, -0.2) is 4.79 Å². The van der Waals surface area contributed by atoms with Crippen LogP contribution in [0.15, 0.2) is 121 Å². The van der Waals surface area contributed by atoms with E-state index in [9.17, 15) is 44.4 Å². The number of esters is 2. The summed E-state index contributed by atoms with van der Waals surface area (Å²) in [4.78, 5) is 69.0. The van der Waals surface area contributed by atoms with Gasteiger partial charge < -0.3 is 52.0 Å².